The first-order valence-corrected chi connectivity index (χ1v) is 14.1. The average Bonchev–Trinajstić information content (AvgIpc) is 3.56. The first-order chi connectivity index (χ1) is 18.8. The van der Waals surface area contributed by atoms with E-state index in [1.54, 1.807) is 47.6 Å². The molecule has 3 amide bonds. The zero-order chi connectivity index (χ0) is 27.3. The second-order valence-corrected chi connectivity index (χ2v) is 11.8. The van der Waals surface area contributed by atoms with Gasteiger partial charge in [-0.15, -0.1) is 0 Å². The topological polar surface area (TPSA) is 101 Å². The molecule has 0 radical (unpaired) electrons. The minimum atomic E-state index is -1.21. The third-order valence-electron chi connectivity index (χ3n) is 9.15. The molecule has 0 unspecified atom stereocenters. The summed E-state index contributed by atoms with van der Waals surface area (Å²) < 4.78 is 6.45. The van der Waals surface area contributed by atoms with Gasteiger partial charge in [0.2, 0.25) is 17.7 Å². The quantitative estimate of drug-likeness (QED) is 0.532. The molecular weight excluding hydrogens is 516 g/mol. The van der Waals surface area contributed by atoms with Crippen molar-refractivity contribution >= 4 is 35.0 Å². The molecule has 1 aliphatic carbocycles. The summed E-state index contributed by atoms with van der Waals surface area (Å²) in [6, 6.07) is 9.64. The molecule has 6 rings (SSSR count). The summed E-state index contributed by atoms with van der Waals surface area (Å²) in [5, 5.41) is 6.76. The average molecular weight is 549 g/mol. The van der Waals surface area contributed by atoms with Gasteiger partial charge in [-0.1, -0.05) is 56.5 Å². The number of carbonyl (C=O) groups is 3. The smallest absolute Gasteiger partial charge is 0.246 e. The summed E-state index contributed by atoms with van der Waals surface area (Å²) >= 11 is 6.00. The summed E-state index contributed by atoms with van der Waals surface area (Å²) in [5.41, 5.74) is 0.178. The Kier molecular flexibility index (Phi) is 6.71. The molecule has 4 heterocycles. The van der Waals surface area contributed by atoms with Crippen LogP contribution in [0.4, 0.5) is 5.69 Å². The van der Waals surface area contributed by atoms with E-state index in [1.807, 2.05) is 18.2 Å². The zero-order valence-electron chi connectivity index (χ0n) is 22.0. The number of likely N-dealkylation sites (tertiary alicyclic amines) is 1. The van der Waals surface area contributed by atoms with Crippen LogP contribution in [0.3, 0.4) is 0 Å². The molecule has 3 fully saturated rings. The van der Waals surface area contributed by atoms with Gasteiger partial charge in [0.1, 0.15) is 11.6 Å². The number of fused-ring (bicyclic) bond motifs is 1. The molecule has 2 bridgehead atoms. The number of hydrogen-bond acceptors (Lipinski definition) is 5. The third-order valence-corrected chi connectivity index (χ3v) is 9.40. The molecule has 9 heteroatoms. The summed E-state index contributed by atoms with van der Waals surface area (Å²) in [4.78, 5) is 47.6. The maximum Gasteiger partial charge on any atom is 0.246 e. The Hall–Kier alpha value is -3.23. The van der Waals surface area contributed by atoms with Gasteiger partial charge < -0.3 is 20.3 Å². The molecule has 1 aromatic heterocycles. The number of ether oxygens (including phenoxy) is 1. The lowest BCUT2D eigenvalue weighted by molar-refractivity contribution is -0.142. The van der Waals surface area contributed by atoms with Gasteiger partial charge in [0, 0.05) is 35.7 Å². The molecule has 8 atom stereocenters. The third kappa shape index (κ3) is 4.43. The first kappa shape index (κ1) is 26.0. The molecule has 1 saturated carbocycles. The zero-order valence-corrected chi connectivity index (χ0v) is 22.8. The lowest BCUT2D eigenvalue weighted by atomic mass is 9.73. The highest BCUT2D eigenvalue weighted by atomic mass is 35.5. The van der Waals surface area contributed by atoms with Crippen LogP contribution in [0.15, 0.2) is 60.9 Å². The van der Waals surface area contributed by atoms with Gasteiger partial charge >= 0.3 is 0 Å². The number of aromatic nitrogens is 1. The van der Waals surface area contributed by atoms with Crippen LogP contribution in [0, 0.1) is 23.7 Å². The van der Waals surface area contributed by atoms with E-state index in [1.165, 1.54) is 0 Å². The molecule has 2 saturated heterocycles. The fraction of sp³-hybridized carbons (Fsp3) is 0.467. The van der Waals surface area contributed by atoms with Crippen molar-refractivity contribution in [1.82, 2.24) is 15.2 Å². The van der Waals surface area contributed by atoms with Crippen LogP contribution in [0.1, 0.15) is 38.7 Å². The normalized spacial score (nSPS) is 34.7. The predicted molar refractivity (Wildman–Crippen MR) is 146 cm³/mol. The number of anilines is 1. The van der Waals surface area contributed by atoms with Crippen molar-refractivity contribution in [2.75, 3.05) is 5.32 Å². The molecule has 39 heavy (non-hydrogen) atoms. The highest BCUT2D eigenvalue weighted by molar-refractivity contribution is 6.30. The number of benzene rings is 1. The van der Waals surface area contributed by atoms with E-state index in [4.69, 9.17) is 16.3 Å². The van der Waals surface area contributed by atoms with Gasteiger partial charge in [0.15, 0.2) is 0 Å². The van der Waals surface area contributed by atoms with Crippen molar-refractivity contribution in [2.24, 2.45) is 23.7 Å². The van der Waals surface area contributed by atoms with Gasteiger partial charge in [-0.3, -0.25) is 19.4 Å². The number of nitrogens with zero attached hydrogens (tertiary/aromatic N) is 2. The second kappa shape index (κ2) is 10.1. The summed E-state index contributed by atoms with van der Waals surface area (Å²) in [6.07, 6.45) is 9.55. The number of nitrogens with one attached hydrogen (secondary N) is 2. The standard InChI is InChI=1S/C30H33ClN4O4/c1-17-5-3-7-22(18(17)2)34-28(37)26-30-13-12-23(39-30)24(27(36)33-21-10-8-20(31)9-11-21)25(30)29(38)35(26)16-19-6-4-14-32-15-19/h4,6,8-15,17-18,22-26H,3,5,7,16H2,1-2H3,(H,33,36)(H,34,37)/t17-,18+,22+,23-,24+,25-,26+,30+/m1/s1. The van der Waals surface area contributed by atoms with Gasteiger partial charge in [0.25, 0.3) is 0 Å². The Balaban J connectivity index is 1.32. The largest absolute Gasteiger partial charge is 0.359 e. The monoisotopic (exact) mass is 548 g/mol. The molecule has 4 aliphatic rings. The van der Waals surface area contributed by atoms with Crippen LogP contribution >= 0.6 is 11.6 Å². The Morgan fingerprint density at radius 3 is 2.69 bits per heavy atom. The van der Waals surface area contributed by atoms with Crippen LogP contribution in [0.5, 0.6) is 0 Å². The molecule has 204 valence electrons. The fourth-order valence-electron chi connectivity index (χ4n) is 6.93. The summed E-state index contributed by atoms with van der Waals surface area (Å²) in [7, 11) is 0. The molecular formula is C30H33ClN4O4. The van der Waals surface area contributed by atoms with Gasteiger partial charge in [-0.25, -0.2) is 0 Å². The van der Waals surface area contributed by atoms with Crippen LogP contribution in [0.2, 0.25) is 5.02 Å². The number of pyridine rings is 1. The summed E-state index contributed by atoms with van der Waals surface area (Å²) in [5.74, 6) is -1.54. The van der Waals surface area contributed by atoms with Crippen LogP contribution < -0.4 is 10.6 Å². The van der Waals surface area contributed by atoms with Gasteiger partial charge in [-0.05, 0) is 54.2 Å². The highest BCUT2D eigenvalue weighted by Crippen LogP contribution is 2.55. The Morgan fingerprint density at radius 1 is 1.15 bits per heavy atom. The SMILES string of the molecule is C[C@H]1[C@H](C)CCC[C@@H]1NC(=O)[C@@H]1N(Cc2cccnc2)C(=O)[C@H]2[C@@H](C(=O)Nc3ccc(Cl)cc3)[C@H]3C=C[C@@]12O3. The van der Waals surface area contributed by atoms with E-state index in [0.29, 0.717) is 22.5 Å². The predicted octanol–water partition coefficient (Wildman–Crippen LogP) is 3.97. The van der Waals surface area contributed by atoms with E-state index in [-0.39, 0.29) is 30.3 Å². The lowest BCUT2D eigenvalue weighted by Gasteiger charge is -2.38. The minimum Gasteiger partial charge on any atom is -0.359 e. The van der Waals surface area contributed by atoms with Crippen molar-refractivity contribution in [3.63, 3.8) is 0 Å². The Bertz CT molecular complexity index is 1300. The molecule has 1 spiro atoms. The van der Waals surface area contributed by atoms with Crippen molar-refractivity contribution < 1.29 is 19.1 Å². The van der Waals surface area contributed by atoms with E-state index < -0.39 is 29.6 Å². The maximum absolute atomic E-state index is 14.1. The van der Waals surface area contributed by atoms with Crippen LogP contribution in [0.25, 0.3) is 0 Å². The van der Waals surface area contributed by atoms with Gasteiger partial charge in [0.05, 0.1) is 17.9 Å². The Labute approximate surface area is 233 Å². The second-order valence-electron chi connectivity index (χ2n) is 11.4. The fourth-order valence-corrected chi connectivity index (χ4v) is 7.06. The van der Waals surface area contributed by atoms with E-state index >= 15 is 0 Å². The van der Waals surface area contributed by atoms with Crippen molar-refractivity contribution in [3.05, 3.63) is 71.5 Å². The maximum atomic E-state index is 14.1. The Morgan fingerprint density at radius 2 is 1.95 bits per heavy atom. The van der Waals surface area contributed by atoms with Crippen LogP contribution in [-0.2, 0) is 25.7 Å². The molecule has 2 N–H and O–H groups in total. The van der Waals surface area contributed by atoms with Crippen molar-refractivity contribution in [2.45, 2.75) is 63.4 Å². The molecule has 8 nitrogen and oxygen atoms in total. The van der Waals surface area contributed by atoms with E-state index in [2.05, 4.69) is 29.5 Å². The minimum absolute atomic E-state index is 0.0265. The van der Waals surface area contributed by atoms with Crippen molar-refractivity contribution in [3.8, 4) is 0 Å². The molecule has 2 aromatic rings. The first-order valence-electron chi connectivity index (χ1n) is 13.7. The highest BCUT2D eigenvalue weighted by Gasteiger charge is 2.72. The number of amides is 3. The molecule has 1 aromatic carbocycles. The molecule has 3 aliphatic heterocycles. The number of carbonyl (C=O) groups excluding carboxylic acids is 3. The van der Waals surface area contributed by atoms with E-state index in [0.717, 1.165) is 24.8 Å². The van der Waals surface area contributed by atoms with Crippen molar-refractivity contribution in [1.29, 1.82) is 0 Å². The lowest BCUT2D eigenvalue weighted by Crippen LogP contribution is -2.57. The van der Waals surface area contributed by atoms with E-state index in [9.17, 15) is 14.4 Å². The number of halogens is 1. The van der Waals surface area contributed by atoms with Gasteiger partial charge in [-0.2, -0.15) is 0 Å². The number of rotatable bonds is 6. The summed E-state index contributed by atoms with van der Waals surface area (Å²) in [6.45, 7) is 4.60. The number of hydrogen-bond donors (Lipinski definition) is 2. The van der Waals surface area contributed by atoms with Crippen LogP contribution in [-0.4, -0.2) is 51.4 Å².